The molecule has 0 unspecified atom stereocenters. The van der Waals surface area contributed by atoms with E-state index >= 15 is 0 Å². The van der Waals surface area contributed by atoms with Crippen LogP contribution in [0.5, 0.6) is 0 Å². The third-order valence-corrected chi connectivity index (χ3v) is 3.28. The molecule has 18 heavy (non-hydrogen) atoms. The van der Waals surface area contributed by atoms with Crippen molar-refractivity contribution in [2.75, 3.05) is 7.11 Å². The lowest BCUT2D eigenvalue weighted by molar-refractivity contribution is -0.140. The van der Waals surface area contributed by atoms with E-state index in [2.05, 4.69) is 23.8 Å². The number of esters is 1. The Kier molecular flexibility index (Phi) is 7.74. The lowest BCUT2D eigenvalue weighted by Crippen LogP contribution is -2.02. The maximum absolute atomic E-state index is 10.9. The molecule has 0 amide bonds. The summed E-state index contributed by atoms with van der Waals surface area (Å²) in [7, 11) is 1.42. The Bertz CT molecular complexity index is 260. The molecule has 104 valence electrons. The molecule has 1 aliphatic heterocycles. The Morgan fingerprint density at radius 3 is 2.78 bits per heavy atom. The van der Waals surface area contributed by atoms with Crippen molar-refractivity contribution in [2.24, 2.45) is 0 Å². The number of carbonyl (C=O) groups is 1. The molecule has 0 saturated carbocycles. The fraction of sp³-hybridized carbons (Fsp3) is 0.800. The summed E-state index contributed by atoms with van der Waals surface area (Å²) < 4.78 is 10.1. The number of hydrogen-bond acceptors (Lipinski definition) is 3. The van der Waals surface area contributed by atoms with Crippen LogP contribution in [0.15, 0.2) is 12.2 Å². The molecule has 0 bridgehead atoms. The van der Waals surface area contributed by atoms with Gasteiger partial charge in [-0.25, -0.2) is 0 Å². The first-order valence-electron chi connectivity index (χ1n) is 7.17. The van der Waals surface area contributed by atoms with Gasteiger partial charge in [0.1, 0.15) is 6.10 Å². The van der Waals surface area contributed by atoms with E-state index < -0.39 is 0 Å². The number of carbonyl (C=O) groups excluding carboxylic acids is 1. The average Bonchev–Trinajstić information content (AvgIpc) is 3.13. The van der Waals surface area contributed by atoms with Gasteiger partial charge >= 0.3 is 5.97 Å². The summed E-state index contributed by atoms with van der Waals surface area (Å²) in [6.45, 7) is 2.23. The van der Waals surface area contributed by atoms with Crippen molar-refractivity contribution in [1.29, 1.82) is 0 Å². The summed E-state index contributed by atoms with van der Waals surface area (Å²) in [6, 6.07) is 0. The normalized spacial score (nSPS) is 22.3. The highest BCUT2D eigenvalue weighted by Gasteiger charge is 2.36. The van der Waals surface area contributed by atoms with Crippen molar-refractivity contribution in [1.82, 2.24) is 0 Å². The second-order valence-corrected chi connectivity index (χ2v) is 4.88. The SMILES string of the molecule is CCCCCCC/C=C\[C@H]1O[C@@H]1CCC(=O)OC. The minimum atomic E-state index is -0.149. The number of rotatable bonds is 10. The van der Waals surface area contributed by atoms with Crippen molar-refractivity contribution in [3.8, 4) is 0 Å². The fourth-order valence-electron chi connectivity index (χ4n) is 2.02. The van der Waals surface area contributed by atoms with E-state index in [4.69, 9.17) is 4.74 Å². The highest BCUT2D eigenvalue weighted by atomic mass is 16.6. The second-order valence-electron chi connectivity index (χ2n) is 4.88. The van der Waals surface area contributed by atoms with Crippen LogP contribution < -0.4 is 0 Å². The largest absolute Gasteiger partial charge is 0.469 e. The van der Waals surface area contributed by atoms with Crippen molar-refractivity contribution in [3.63, 3.8) is 0 Å². The van der Waals surface area contributed by atoms with Crippen molar-refractivity contribution in [3.05, 3.63) is 12.2 Å². The zero-order chi connectivity index (χ0) is 13.2. The zero-order valence-electron chi connectivity index (χ0n) is 11.7. The molecule has 0 aromatic carbocycles. The monoisotopic (exact) mass is 254 g/mol. The molecule has 2 atom stereocenters. The number of epoxide rings is 1. The molecule has 1 aliphatic rings. The van der Waals surface area contributed by atoms with Crippen LogP contribution in [0.4, 0.5) is 0 Å². The van der Waals surface area contributed by atoms with Crippen molar-refractivity contribution < 1.29 is 14.3 Å². The van der Waals surface area contributed by atoms with Crippen LogP contribution in [0.3, 0.4) is 0 Å². The lowest BCUT2D eigenvalue weighted by Gasteiger charge is -1.96. The third kappa shape index (κ3) is 6.80. The summed E-state index contributed by atoms with van der Waals surface area (Å²) in [5.41, 5.74) is 0. The highest BCUT2D eigenvalue weighted by molar-refractivity contribution is 5.69. The fourth-order valence-corrected chi connectivity index (χ4v) is 2.02. The van der Waals surface area contributed by atoms with E-state index in [1.165, 1.54) is 39.2 Å². The molecule has 0 N–H and O–H groups in total. The molecule has 0 spiro atoms. The Morgan fingerprint density at radius 2 is 2.06 bits per heavy atom. The van der Waals surface area contributed by atoms with Gasteiger partial charge in [-0.1, -0.05) is 44.8 Å². The molecule has 0 aliphatic carbocycles. The molecule has 1 fully saturated rings. The highest BCUT2D eigenvalue weighted by Crippen LogP contribution is 2.28. The number of hydrogen-bond donors (Lipinski definition) is 0. The summed E-state index contributed by atoms with van der Waals surface area (Å²) >= 11 is 0. The topological polar surface area (TPSA) is 38.8 Å². The van der Waals surface area contributed by atoms with E-state index in [1.807, 2.05) is 0 Å². The lowest BCUT2D eigenvalue weighted by atomic mass is 10.1. The summed E-state index contributed by atoms with van der Waals surface area (Å²) in [6.07, 6.45) is 13.8. The van der Waals surface area contributed by atoms with Gasteiger partial charge < -0.3 is 9.47 Å². The van der Waals surface area contributed by atoms with Crippen LogP contribution in [-0.2, 0) is 14.3 Å². The van der Waals surface area contributed by atoms with E-state index in [9.17, 15) is 4.79 Å². The second kappa shape index (κ2) is 9.15. The first-order chi connectivity index (χ1) is 8.77. The van der Waals surface area contributed by atoms with Crippen LogP contribution in [-0.4, -0.2) is 25.3 Å². The van der Waals surface area contributed by atoms with Crippen LogP contribution >= 0.6 is 0 Å². The first kappa shape index (κ1) is 15.2. The number of unbranched alkanes of at least 4 members (excludes halogenated alkanes) is 5. The number of allylic oxidation sites excluding steroid dienone is 1. The molecule has 1 rings (SSSR count). The predicted molar refractivity (Wildman–Crippen MR) is 72.4 cm³/mol. The Balaban J connectivity index is 1.93. The van der Waals surface area contributed by atoms with E-state index in [-0.39, 0.29) is 18.2 Å². The number of ether oxygens (including phenoxy) is 2. The Hall–Kier alpha value is -0.830. The quantitative estimate of drug-likeness (QED) is 0.259. The summed E-state index contributed by atoms with van der Waals surface area (Å²) in [5.74, 6) is -0.149. The zero-order valence-corrected chi connectivity index (χ0v) is 11.7. The van der Waals surface area contributed by atoms with Crippen molar-refractivity contribution >= 4 is 5.97 Å². The van der Waals surface area contributed by atoms with Gasteiger partial charge in [-0.15, -0.1) is 0 Å². The third-order valence-electron chi connectivity index (χ3n) is 3.28. The van der Waals surface area contributed by atoms with Gasteiger partial charge in [0.2, 0.25) is 0 Å². The molecule has 0 aromatic heterocycles. The minimum Gasteiger partial charge on any atom is -0.469 e. The smallest absolute Gasteiger partial charge is 0.305 e. The molecule has 1 heterocycles. The number of methoxy groups -OCH3 is 1. The van der Waals surface area contributed by atoms with Gasteiger partial charge in [0.25, 0.3) is 0 Å². The van der Waals surface area contributed by atoms with Gasteiger partial charge in [0.15, 0.2) is 0 Å². The molecule has 1 saturated heterocycles. The average molecular weight is 254 g/mol. The predicted octanol–water partition coefficient (Wildman–Crippen LogP) is 3.62. The van der Waals surface area contributed by atoms with Crippen molar-refractivity contribution in [2.45, 2.75) is 70.5 Å². The molecular weight excluding hydrogens is 228 g/mol. The van der Waals surface area contributed by atoms with Gasteiger partial charge in [-0.05, 0) is 19.3 Å². The van der Waals surface area contributed by atoms with E-state index in [0.29, 0.717) is 6.42 Å². The standard InChI is InChI=1S/C15H26O3/c1-3-4-5-6-7-8-9-10-13-14(18-13)11-12-15(16)17-2/h9-10,13-14H,3-8,11-12H2,1-2H3/b10-9-/t13-,14-/m1/s1. The molecule has 0 aromatic rings. The summed E-state index contributed by atoms with van der Waals surface area (Å²) in [5, 5.41) is 0. The maximum Gasteiger partial charge on any atom is 0.305 e. The van der Waals surface area contributed by atoms with Gasteiger partial charge in [-0.2, -0.15) is 0 Å². The molecule has 3 heteroatoms. The summed E-state index contributed by atoms with van der Waals surface area (Å²) in [4.78, 5) is 10.9. The Labute approximate surface area is 111 Å². The minimum absolute atomic E-state index is 0.149. The van der Waals surface area contributed by atoms with Gasteiger partial charge in [-0.3, -0.25) is 4.79 Å². The Morgan fingerprint density at radius 1 is 1.28 bits per heavy atom. The van der Waals surface area contributed by atoms with Gasteiger partial charge in [0.05, 0.1) is 13.2 Å². The first-order valence-corrected chi connectivity index (χ1v) is 7.17. The van der Waals surface area contributed by atoms with Crippen LogP contribution in [0.1, 0.15) is 58.3 Å². The maximum atomic E-state index is 10.9. The van der Waals surface area contributed by atoms with Crippen LogP contribution in [0.2, 0.25) is 0 Å². The molecular formula is C15H26O3. The van der Waals surface area contributed by atoms with E-state index in [0.717, 1.165) is 12.8 Å². The van der Waals surface area contributed by atoms with Gasteiger partial charge in [0, 0.05) is 6.42 Å². The molecule has 0 radical (unpaired) electrons. The van der Waals surface area contributed by atoms with Crippen LogP contribution in [0, 0.1) is 0 Å². The van der Waals surface area contributed by atoms with E-state index in [1.54, 1.807) is 0 Å². The molecule has 3 nitrogen and oxygen atoms in total. The van der Waals surface area contributed by atoms with Crippen LogP contribution in [0.25, 0.3) is 0 Å².